The summed E-state index contributed by atoms with van der Waals surface area (Å²) in [5, 5.41) is 4.78. The summed E-state index contributed by atoms with van der Waals surface area (Å²) in [7, 11) is 0. The molecular formula is C24H19N3O. The Bertz CT molecular complexity index is 1090. The molecule has 1 aliphatic heterocycles. The summed E-state index contributed by atoms with van der Waals surface area (Å²) in [4.78, 5) is 15.9. The van der Waals surface area contributed by atoms with E-state index in [0.29, 0.717) is 0 Å². The molecular weight excluding hydrogens is 346 g/mol. The molecule has 0 N–H and O–H groups in total. The Kier molecular flexibility index (Phi) is 3.66. The van der Waals surface area contributed by atoms with Gasteiger partial charge in [0.05, 0.1) is 11.4 Å². The number of benzene rings is 3. The van der Waals surface area contributed by atoms with Crippen LogP contribution in [-0.2, 0) is 10.3 Å². The zero-order valence-corrected chi connectivity index (χ0v) is 15.5. The lowest BCUT2D eigenvalue weighted by molar-refractivity contribution is -0.121. The molecule has 28 heavy (non-hydrogen) atoms. The summed E-state index contributed by atoms with van der Waals surface area (Å²) in [6.07, 6.45) is 0. The van der Waals surface area contributed by atoms with Crippen molar-refractivity contribution in [1.82, 2.24) is 9.78 Å². The van der Waals surface area contributed by atoms with Gasteiger partial charge in [-0.15, -0.1) is 0 Å². The largest absolute Gasteiger partial charge is 0.270 e. The number of para-hydroxylation sites is 1. The molecule has 2 heterocycles. The molecule has 0 saturated carbocycles. The van der Waals surface area contributed by atoms with Crippen molar-refractivity contribution in [2.75, 3.05) is 4.90 Å². The monoisotopic (exact) mass is 365 g/mol. The summed E-state index contributed by atoms with van der Waals surface area (Å²) in [6, 6.07) is 31.5. The van der Waals surface area contributed by atoms with E-state index in [1.165, 1.54) is 0 Å². The minimum atomic E-state index is -1.04. The van der Waals surface area contributed by atoms with Crippen LogP contribution < -0.4 is 4.90 Å². The van der Waals surface area contributed by atoms with Crippen LogP contribution in [0.25, 0.3) is 0 Å². The molecule has 4 heteroatoms. The van der Waals surface area contributed by atoms with Gasteiger partial charge in [0, 0.05) is 6.07 Å². The smallest absolute Gasteiger partial charge is 0.270 e. The maximum atomic E-state index is 14.1. The van der Waals surface area contributed by atoms with E-state index < -0.39 is 5.54 Å². The van der Waals surface area contributed by atoms with E-state index in [-0.39, 0.29) is 5.91 Å². The molecule has 4 nitrogen and oxygen atoms in total. The van der Waals surface area contributed by atoms with E-state index in [0.717, 1.165) is 28.3 Å². The summed E-state index contributed by atoms with van der Waals surface area (Å²) >= 11 is 0. The minimum absolute atomic E-state index is 0.0291. The molecule has 0 saturated heterocycles. The highest BCUT2D eigenvalue weighted by Gasteiger charge is 2.55. The van der Waals surface area contributed by atoms with E-state index in [2.05, 4.69) is 0 Å². The number of anilines is 2. The van der Waals surface area contributed by atoms with E-state index in [1.807, 2.05) is 109 Å². The number of hydrogen-bond donors (Lipinski definition) is 0. The summed E-state index contributed by atoms with van der Waals surface area (Å²) in [6.45, 7) is 1.96. The van der Waals surface area contributed by atoms with Crippen LogP contribution in [-0.4, -0.2) is 15.7 Å². The first-order valence-corrected chi connectivity index (χ1v) is 9.31. The predicted octanol–water partition coefficient (Wildman–Crippen LogP) is 4.66. The molecule has 0 aliphatic carbocycles. The van der Waals surface area contributed by atoms with E-state index >= 15 is 0 Å². The summed E-state index contributed by atoms with van der Waals surface area (Å²) in [5.41, 5.74) is 2.46. The van der Waals surface area contributed by atoms with Gasteiger partial charge in [-0.3, -0.25) is 9.69 Å². The lowest BCUT2D eigenvalue weighted by Crippen LogP contribution is -2.44. The third kappa shape index (κ3) is 2.18. The van der Waals surface area contributed by atoms with Crippen molar-refractivity contribution >= 4 is 17.4 Å². The Labute approximate surface area is 163 Å². The second-order valence-corrected chi connectivity index (χ2v) is 6.97. The van der Waals surface area contributed by atoms with Crippen LogP contribution >= 0.6 is 0 Å². The molecule has 4 aromatic rings. The van der Waals surface area contributed by atoms with Crippen LogP contribution in [0.5, 0.6) is 0 Å². The molecule has 0 bridgehead atoms. The minimum Gasteiger partial charge on any atom is -0.270 e. The van der Waals surface area contributed by atoms with Crippen LogP contribution in [0.2, 0.25) is 0 Å². The lowest BCUT2D eigenvalue weighted by atomic mass is 9.82. The summed E-state index contributed by atoms with van der Waals surface area (Å²) in [5.74, 6) is 0.750. The van der Waals surface area contributed by atoms with Gasteiger partial charge in [0.1, 0.15) is 5.82 Å². The fraction of sp³-hybridized carbons (Fsp3) is 0.0833. The van der Waals surface area contributed by atoms with Crippen molar-refractivity contribution in [3.63, 3.8) is 0 Å². The quantitative estimate of drug-likeness (QED) is 0.529. The van der Waals surface area contributed by atoms with Crippen LogP contribution in [0, 0.1) is 6.92 Å². The van der Waals surface area contributed by atoms with Gasteiger partial charge in [0.25, 0.3) is 5.91 Å². The third-order valence-electron chi connectivity index (χ3n) is 5.27. The number of rotatable bonds is 3. The topological polar surface area (TPSA) is 38.1 Å². The van der Waals surface area contributed by atoms with Crippen LogP contribution in [0.4, 0.5) is 11.5 Å². The number of carbonyl (C=O) groups is 1. The number of amides is 1. The van der Waals surface area contributed by atoms with Gasteiger partial charge in [-0.25, -0.2) is 4.68 Å². The van der Waals surface area contributed by atoms with Gasteiger partial charge in [-0.2, -0.15) is 5.10 Å². The van der Waals surface area contributed by atoms with Crippen LogP contribution in [0.3, 0.4) is 0 Å². The standard InChI is InChI=1S/C24H19N3O/c1-18-17-22-26(21-15-9-4-10-16-21)23(28)24(27(22)25-18,19-11-5-2-6-12-19)20-13-7-3-8-14-20/h2-17H,1H3. The van der Waals surface area contributed by atoms with E-state index in [9.17, 15) is 4.79 Å². The normalized spacial score (nSPS) is 14.9. The van der Waals surface area contributed by atoms with E-state index in [4.69, 9.17) is 5.10 Å². The Balaban J connectivity index is 1.86. The Hall–Kier alpha value is -3.66. The van der Waals surface area contributed by atoms with Crippen molar-refractivity contribution < 1.29 is 4.79 Å². The van der Waals surface area contributed by atoms with Gasteiger partial charge >= 0.3 is 0 Å². The number of carbonyl (C=O) groups excluding carboxylic acids is 1. The molecule has 0 spiro atoms. The molecule has 0 unspecified atom stereocenters. The Morgan fingerprint density at radius 2 is 1.25 bits per heavy atom. The summed E-state index contributed by atoms with van der Waals surface area (Å²) < 4.78 is 1.88. The molecule has 136 valence electrons. The first-order chi connectivity index (χ1) is 13.7. The number of aryl methyl sites for hydroxylation is 1. The second-order valence-electron chi connectivity index (χ2n) is 6.97. The van der Waals surface area contributed by atoms with Crippen LogP contribution in [0.1, 0.15) is 16.8 Å². The molecule has 0 atom stereocenters. The molecule has 0 radical (unpaired) electrons. The zero-order valence-electron chi connectivity index (χ0n) is 15.5. The van der Waals surface area contributed by atoms with E-state index in [1.54, 1.807) is 4.90 Å². The zero-order chi connectivity index (χ0) is 19.1. The number of fused-ring (bicyclic) bond motifs is 1. The number of aromatic nitrogens is 2. The lowest BCUT2D eigenvalue weighted by Gasteiger charge is -2.30. The van der Waals surface area contributed by atoms with Crippen molar-refractivity contribution in [2.45, 2.75) is 12.5 Å². The van der Waals surface area contributed by atoms with Crippen molar-refractivity contribution in [2.24, 2.45) is 0 Å². The molecule has 1 amide bonds. The van der Waals surface area contributed by atoms with Crippen molar-refractivity contribution in [3.05, 3.63) is 114 Å². The van der Waals surface area contributed by atoms with Gasteiger partial charge in [-0.1, -0.05) is 78.9 Å². The second kappa shape index (κ2) is 6.20. The molecule has 0 fully saturated rings. The third-order valence-corrected chi connectivity index (χ3v) is 5.27. The molecule has 3 aromatic carbocycles. The molecule has 1 aromatic heterocycles. The van der Waals surface area contributed by atoms with Crippen molar-refractivity contribution in [1.29, 1.82) is 0 Å². The molecule has 5 rings (SSSR count). The first-order valence-electron chi connectivity index (χ1n) is 9.31. The van der Waals surface area contributed by atoms with Crippen molar-refractivity contribution in [3.8, 4) is 0 Å². The van der Waals surface area contributed by atoms with Gasteiger partial charge in [0.2, 0.25) is 0 Å². The maximum absolute atomic E-state index is 14.1. The highest BCUT2D eigenvalue weighted by molar-refractivity contribution is 6.11. The van der Waals surface area contributed by atoms with Crippen LogP contribution in [0.15, 0.2) is 97.1 Å². The SMILES string of the molecule is Cc1cc2n(n1)C(c1ccccc1)(c1ccccc1)C(=O)N2c1ccccc1. The average Bonchev–Trinajstić information content (AvgIpc) is 3.22. The predicted molar refractivity (Wildman–Crippen MR) is 110 cm³/mol. The van der Waals surface area contributed by atoms with Gasteiger partial charge < -0.3 is 0 Å². The number of hydrogen-bond acceptors (Lipinski definition) is 2. The highest BCUT2D eigenvalue weighted by Crippen LogP contribution is 2.47. The van der Waals surface area contributed by atoms with Gasteiger partial charge in [0.15, 0.2) is 5.54 Å². The Morgan fingerprint density at radius 1 is 0.750 bits per heavy atom. The fourth-order valence-corrected chi connectivity index (χ4v) is 4.09. The number of nitrogens with zero attached hydrogens (tertiary/aromatic N) is 3. The fourth-order valence-electron chi connectivity index (χ4n) is 4.09. The van der Waals surface area contributed by atoms with Gasteiger partial charge in [-0.05, 0) is 30.2 Å². The maximum Gasteiger partial charge on any atom is 0.270 e. The average molecular weight is 365 g/mol. The molecule has 1 aliphatic rings. The highest BCUT2D eigenvalue weighted by atomic mass is 16.2. The first kappa shape index (κ1) is 16.5. The Morgan fingerprint density at radius 3 is 1.79 bits per heavy atom.